The molecule has 0 radical (unpaired) electrons. The Bertz CT molecular complexity index is 419. The molecule has 1 unspecified atom stereocenters. The van der Waals surface area contributed by atoms with Crippen LogP contribution in [0, 0.1) is 0 Å². The van der Waals surface area contributed by atoms with E-state index < -0.39 is 0 Å². The number of carbonyl (C=O) groups excluding carboxylic acids is 1. The van der Waals surface area contributed by atoms with Gasteiger partial charge in [0.1, 0.15) is 0 Å². The van der Waals surface area contributed by atoms with Gasteiger partial charge in [0.2, 0.25) is 5.91 Å². The van der Waals surface area contributed by atoms with E-state index in [2.05, 4.69) is 41.1 Å². The molecule has 2 rings (SSSR count). The first-order valence-corrected chi connectivity index (χ1v) is 7.82. The molecule has 0 saturated heterocycles. The molecule has 0 heterocycles. The summed E-state index contributed by atoms with van der Waals surface area (Å²) in [7, 11) is 0. The maximum Gasteiger partial charge on any atom is 0.230 e. The summed E-state index contributed by atoms with van der Waals surface area (Å²) in [5.74, 6) is 0.373. The lowest BCUT2D eigenvalue weighted by Crippen LogP contribution is -2.37. The summed E-state index contributed by atoms with van der Waals surface area (Å²) < 4.78 is 0. The summed E-state index contributed by atoms with van der Waals surface area (Å²) >= 11 is 3.42. The van der Waals surface area contributed by atoms with Crippen molar-refractivity contribution in [2.24, 2.45) is 0 Å². The molecule has 0 aliphatic heterocycles. The number of rotatable bonds is 4. The molecule has 98 valence electrons. The molecule has 0 saturated carbocycles. The zero-order valence-electron chi connectivity index (χ0n) is 10.9. The first-order valence-electron chi connectivity index (χ1n) is 6.70. The van der Waals surface area contributed by atoms with Crippen molar-refractivity contribution < 1.29 is 4.79 Å². The van der Waals surface area contributed by atoms with Crippen LogP contribution in [0.25, 0.3) is 0 Å². The number of aryl methyl sites for hydroxylation is 1. The second-order valence-electron chi connectivity index (χ2n) is 4.75. The van der Waals surface area contributed by atoms with Crippen molar-refractivity contribution in [2.45, 2.75) is 32.1 Å². The Morgan fingerprint density at radius 2 is 2.22 bits per heavy atom. The van der Waals surface area contributed by atoms with Crippen LogP contribution in [-0.4, -0.2) is 29.2 Å². The highest BCUT2D eigenvalue weighted by Crippen LogP contribution is 2.32. The van der Waals surface area contributed by atoms with Crippen LogP contribution in [-0.2, 0) is 11.2 Å². The average Bonchev–Trinajstić information content (AvgIpc) is 2.43. The minimum Gasteiger partial charge on any atom is -0.342 e. The van der Waals surface area contributed by atoms with Crippen molar-refractivity contribution in [3.8, 4) is 0 Å². The molecule has 18 heavy (non-hydrogen) atoms. The summed E-state index contributed by atoms with van der Waals surface area (Å²) in [6.07, 6.45) is 3.23. The average molecular weight is 310 g/mol. The number of carbonyl (C=O) groups is 1. The molecule has 2 nitrogen and oxygen atoms in total. The van der Waals surface area contributed by atoms with Gasteiger partial charge in [0.15, 0.2) is 0 Å². The number of hydrogen-bond acceptors (Lipinski definition) is 1. The maximum atomic E-state index is 12.6. The molecular formula is C15H20BrNO. The molecule has 0 spiro atoms. The lowest BCUT2D eigenvalue weighted by Gasteiger charge is -2.30. The zero-order valence-corrected chi connectivity index (χ0v) is 12.4. The number of fused-ring (bicyclic) bond motifs is 1. The van der Waals surface area contributed by atoms with Crippen molar-refractivity contribution in [3.05, 3.63) is 35.4 Å². The molecule has 1 aliphatic carbocycles. The lowest BCUT2D eigenvalue weighted by atomic mass is 9.82. The molecule has 3 heteroatoms. The largest absolute Gasteiger partial charge is 0.342 e. The molecule has 1 atom stereocenters. The minimum atomic E-state index is 0.0777. The molecule has 0 aromatic heterocycles. The van der Waals surface area contributed by atoms with Gasteiger partial charge >= 0.3 is 0 Å². The van der Waals surface area contributed by atoms with Crippen molar-refractivity contribution in [1.29, 1.82) is 0 Å². The number of amides is 1. The fraction of sp³-hybridized carbons (Fsp3) is 0.533. The summed E-state index contributed by atoms with van der Waals surface area (Å²) in [5, 5.41) is 0.848. The number of benzene rings is 1. The molecule has 0 N–H and O–H groups in total. The Hall–Kier alpha value is -0.830. The van der Waals surface area contributed by atoms with Gasteiger partial charge in [-0.05, 0) is 37.3 Å². The van der Waals surface area contributed by atoms with Crippen molar-refractivity contribution >= 4 is 21.8 Å². The van der Waals surface area contributed by atoms with E-state index in [0.29, 0.717) is 5.91 Å². The van der Waals surface area contributed by atoms with E-state index in [1.807, 2.05) is 11.0 Å². The third kappa shape index (κ3) is 2.77. The van der Waals surface area contributed by atoms with Gasteiger partial charge in [-0.3, -0.25) is 4.79 Å². The van der Waals surface area contributed by atoms with E-state index in [4.69, 9.17) is 0 Å². The van der Waals surface area contributed by atoms with Crippen LogP contribution in [0.5, 0.6) is 0 Å². The van der Waals surface area contributed by atoms with Crippen LogP contribution in [0.2, 0.25) is 0 Å². The predicted molar refractivity (Wildman–Crippen MR) is 78.2 cm³/mol. The van der Waals surface area contributed by atoms with Gasteiger partial charge < -0.3 is 4.90 Å². The van der Waals surface area contributed by atoms with Gasteiger partial charge in [0.05, 0.1) is 5.92 Å². The van der Waals surface area contributed by atoms with Crippen LogP contribution < -0.4 is 0 Å². The molecular weight excluding hydrogens is 290 g/mol. The van der Waals surface area contributed by atoms with Crippen LogP contribution in [0.4, 0.5) is 0 Å². The van der Waals surface area contributed by atoms with Crippen LogP contribution in [0.1, 0.15) is 36.8 Å². The number of nitrogens with zero attached hydrogens (tertiary/aromatic N) is 1. The predicted octanol–water partition coefficient (Wildman–Crippen LogP) is 3.35. The Morgan fingerprint density at radius 1 is 1.44 bits per heavy atom. The zero-order chi connectivity index (χ0) is 13.0. The normalized spacial score (nSPS) is 18.2. The lowest BCUT2D eigenvalue weighted by molar-refractivity contribution is -0.132. The fourth-order valence-corrected chi connectivity index (χ4v) is 3.19. The molecule has 1 aromatic rings. The topological polar surface area (TPSA) is 20.3 Å². The highest BCUT2D eigenvalue weighted by Gasteiger charge is 2.28. The monoisotopic (exact) mass is 309 g/mol. The van der Waals surface area contributed by atoms with Gasteiger partial charge in [-0.15, -0.1) is 0 Å². The maximum absolute atomic E-state index is 12.6. The van der Waals surface area contributed by atoms with E-state index in [-0.39, 0.29) is 5.92 Å². The second-order valence-corrected chi connectivity index (χ2v) is 5.54. The minimum absolute atomic E-state index is 0.0777. The molecule has 1 aliphatic rings. The first-order chi connectivity index (χ1) is 8.77. The van der Waals surface area contributed by atoms with Gasteiger partial charge in [0.25, 0.3) is 0 Å². The van der Waals surface area contributed by atoms with E-state index in [9.17, 15) is 4.79 Å². The van der Waals surface area contributed by atoms with E-state index in [1.165, 1.54) is 11.1 Å². The van der Waals surface area contributed by atoms with E-state index in [1.54, 1.807) is 0 Å². The summed E-state index contributed by atoms with van der Waals surface area (Å²) in [6, 6.07) is 8.40. The van der Waals surface area contributed by atoms with Crippen molar-refractivity contribution in [2.75, 3.05) is 18.4 Å². The Kier molecular flexibility index (Phi) is 4.81. The van der Waals surface area contributed by atoms with Crippen LogP contribution >= 0.6 is 15.9 Å². The van der Waals surface area contributed by atoms with E-state index >= 15 is 0 Å². The Morgan fingerprint density at radius 3 is 2.94 bits per heavy atom. The summed E-state index contributed by atoms with van der Waals surface area (Å²) in [4.78, 5) is 14.5. The van der Waals surface area contributed by atoms with Crippen LogP contribution in [0.3, 0.4) is 0 Å². The van der Waals surface area contributed by atoms with Crippen LogP contribution in [0.15, 0.2) is 24.3 Å². The smallest absolute Gasteiger partial charge is 0.230 e. The number of alkyl halides is 1. The SMILES string of the molecule is CCN(CCBr)C(=O)C1CCCc2ccccc21. The van der Waals surface area contributed by atoms with Gasteiger partial charge in [-0.2, -0.15) is 0 Å². The van der Waals surface area contributed by atoms with Gasteiger partial charge in [0, 0.05) is 18.4 Å². The number of hydrogen-bond donors (Lipinski definition) is 0. The highest BCUT2D eigenvalue weighted by molar-refractivity contribution is 9.09. The summed E-state index contributed by atoms with van der Waals surface area (Å²) in [6.45, 7) is 3.65. The molecule has 0 bridgehead atoms. The molecule has 0 fully saturated rings. The van der Waals surface area contributed by atoms with Crippen molar-refractivity contribution in [3.63, 3.8) is 0 Å². The first kappa shape index (κ1) is 13.6. The third-order valence-corrected chi connectivity index (χ3v) is 4.07. The third-order valence-electron chi connectivity index (χ3n) is 3.72. The fourth-order valence-electron chi connectivity index (χ4n) is 2.76. The Balaban J connectivity index is 2.21. The molecule has 1 aromatic carbocycles. The quantitative estimate of drug-likeness (QED) is 0.781. The Labute approximate surface area is 117 Å². The second kappa shape index (κ2) is 6.37. The van der Waals surface area contributed by atoms with Crippen molar-refractivity contribution in [1.82, 2.24) is 4.90 Å². The highest BCUT2D eigenvalue weighted by atomic mass is 79.9. The number of halogens is 1. The number of likely N-dealkylation sites (N-methyl/N-ethyl adjacent to an activating group) is 1. The standard InChI is InChI=1S/C15H20BrNO/c1-2-17(11-10-16)15(18)14-9-5-7-12-6-3-4-8-13(12)14/h3-4,6,8,14H,2,5,7,9-11H2,1H3. The van der Waals surface area contributed by atoms with Gasteiger partial charge in [-0.1, -0.05) is 40.2 Å². The summed E-state index contributed by atoms with van der Waals surface area (Å²) in [5.41, 5.74) is 2.61. The molecule has 1 amide bonds. The van der Waals surface area contributed by atoms with E-state index in [0.717, 1.165) is 37.7 Å². The van der Waals surface area contributed by atoms with Gasteiger partial charge in [-0.25, -0.2) is 0 Å².